The van der Waals surface area contributed by atoms with Gasteiger partial charge in [-0.05, 0) is 196 Å². The number of thiophene rings is 8. The molecule has 0 saturated heterocycles. The molecule has 0 unspecified atom stereocenters. The maximum Gasteiger partial charge on any atom is 0.0967 e. The minimum atomic E-state index is 1.02. The van der Waals surface area contributed by atoms with Gasteiger partial charge in [0.1, 0.15) is 0 Å². The summed E-state index contributed by atoms with van der Waals surface area (Å²) in [6.45, 7) is 18.8. The maximum atomic E-state index is 7.28. The number of rotatable bonds is 63. The van der Waals surface area contributed by atoms with Crippen LogP contribution in [0.15, 0.2) is 48.5 Å². The normalized spacial score (nSPS) is 11.9. The molecule has 8 heterocycles. The Morgan fingerprint density at radius 3 is 0.481 bits per heavy atom. The molecule has 590 valence electrons. The largest absolute Gasteiger partial charge is 0.133 e. The summed E-state index contributed by atoms with van der Waals surface area (Å²) in [6, 6.07) is 21.3. The molecule has 0 aliphatic carbocycles. The first-order valence-corrected chi connectivity index (χ1v) is 51.8. The lowest BCUT2D eigenvalue weighted by molar-refractivity contribution is 0.607. The van der Waals surface area contributed by atoms with Crippen molar-refractivity contribution in [3.8, 4) is 68.3 Å². The van der Waals surface area contributed by atoms with Crippen molar-refractivity contribution in [1.82, 2.24) is 0 Å². The van der Waals surface area contributed by atoms with Gasteiger partial charge in [0.2, 0.25) is 0 Å². The zero-order valence-corrected chi connectivity index (χ0v) is 76.3. The molecule has 8 rings (SSSR count). The molecular weight excluding hydrogens is 1480 g/mol. The number of halogens is 2. The van der Waals surface area contributed by atoms with Crippen LogP contribution in [0.25, 0.3) is 68.3 Å². The van der Waals surface area contributed by atoms with Crippen molar-refractivity contribution in [3.05, 3.63) is 102 Å². The maximum absolute atomic E-state index is 7.28. The molecule has 0 fully saturated rings. The van der Waals surface area contributed by atoms with Gasteiger partial charge in [-0.3, -0.25) is 0 Å². The van der Waals surface area contributed by atoms with E-state index in [1.807, 2.05) is 22.7 Å². The third-order valence-electron chi connectivity index (χ3n) is 22.4. The summed E-state index contributed by atoms with van der Waals surface area (Å²) in [4.78, 5) is 21.0. The third kappa shape index (κ3) is 30.2. The van der Waals surface area contributed by atoms with Crippen LogP contribution in [0, 0.1) is 0 Å². The van der Waals surface area contributed by atoms with Crippen molar-refractivity contribution in [1.29, 1.82) is 0 Å². The molecule has 0 bridgehead atoms. The molecule has 106 heavy (non-hydrogen) atoms. The van der Waals surface area contributed by atoms with Crippen LogP contribution in [0.4, 0.5) is 0 Å². The average molecular weight is 1630 g/mol. The van der Waals surface area contributed by atoms with Crippen LogP contribution in [0.2, 0.25) is 8.67 Å². The van der Waals surface area contributed by atoms with E-state index in [9.17, 15) is 0 Å². The fourth-order valence-corrected chi connectivity index (χ4v) is 26.6. The molecular formula is C96H144Cl2S8. The summed E-state index contributed by atoms with van der Waals surface area (Å²) >= 11 is 31.1. The highest BCUT2D eigenvalue weighted by Crippen LogP contribution is 2.54. The molecule has 0 nitrogen and oxygen atoms in total. The number of unbranched alkanes of at least 4 members (excludes halogenated alkanes) is 40. The van der Waals surface area contributed by atoms with Gasteiger partial charge >= 0.3 is 0 Å². The Morgan fingerprint density at radius 2 is 0.292 bits per heavy atom. The first-order chi connectivity index (χ1) is 52.1. The highest BCUT2D eigenvalue weighted by molar-refractivity contribution is 7.32. The first-order valence-electron chi connectivity index (χ1n) is 44.5. The molecule has 0 aliphatic heterocycles. The lowest BCUT2D eigenvalue weighted by Crippen LogP contribution is -1.87. The van der Waals surface area contributed by atoms with Gasteiger partial charge in [-0.25, -0.2) is 0 Å². The molecule has 0 saturated carbocycles. The lowest BCUT2D eigenvalue weighted by atomic mass is 10.0. The van der Waals surface area contributed by atoms with Crippen LogP contribution in [-0.4, -0.2) is 0 Å². The van der Waals surface area contributed by atoms with E-state index in [4.69, 9.17) is 23.2 Å². The molecule has 0 atom stereocenters. The van der Waals surface area contributed by atoms with Crippen LogP contribution < -0.4 is 0 Å². The van der Waals surface area contributed by atoms with Gasteiger partial charge in [0.15, 0.2) is 0 Å². The number of aryl methyl sites for hydroxylation is 8. The Labute approximate surface area is 692 Å². The minimum absolute atomic E-state index is 1.02. The highest BCUT2D eigenvalue weighted by atomic mass is 35.5. The first kappa shape index (κ1) is 89.7. The van der Waals surface area contributed by atoms with Crippen molar-refractivity contribution in [2.24, 2.45) is 0 Å². The molecule has 0 spiro atoms. The van der Waals surface area contributed by atoms with Gasteiger partial charge in [0.05, 0.1) is 8.67 Å². The van der Waals surface area contributed by atoms with E-state index in [0.29, 0.717) is 0 Å². The topological polar surface area (TPSA) is 0 Å². The highest BCUT2D eigenvalue weighted by Gasteiger charge is 2.27. The van der Waals surface area contributed by atoms with Crippen molar-refractivity contribution in [2.75, 3.05) is 0 Å². The van der Waals surface area contributed by atoms with Crippen LogP contribution >= 0.6 is 114 Å². The lowest BCUT2D eigenvalue weighted by Gasteiger charge is -2.03. The summed E-state index contributed by atoms with van der Waals surface area (Å²) in [6.07, 6.45) is 72.5. The van der Waals surface area contributed by atoms with Crippen LogP contribution in [0.5, 0.6) is 0 Å². The van der Waals surface area contributed by atoms with Crippen molar-refractivity contribution >= 4 is 114 Å². The molecule has 0 radical (unpaired) electrons. The van der Waals surface area contributed by atoms with Gasteiger partial charge < -0.3 is 0 Å². The van der Waals surface area contributed by atoms with Crippen molar-refractivity contribution in [3.63, 3.8) is 0 Å². The fourth-order valence-electron chi connectivity index (χ4n) is 15.8. The molecule has 0 aliphatic rings. The van der Waals surface area contributed by atoms with Crippen molar-refractivity contribution < 1.29 is 0 Å². The van der Waals surface area contributed by atoms with Crippen LogP contribution in [-0.2, 0) is 51.4 Å². The van der Waals surface area contributed by atoms with Crippen molar-refractivity contribution in [2.45, 2.75) is 415 Å². The summed E-state index contributed by atoms with van der Waals surface area (Å²) in [5, 5.41) is 0. The van der Waals surface area contributed by atoms with Gasteiger partial charge in [-0.1, -0.05) is 335 Å². The zero-order valence-electron chi connectivity index (χ0n) is 68.2. The standard InChI is InChI=1S/C96H144Cl2S8/c1-9-17-25-33-41-49-57-73-65-81(99-89(73)83-67-75(59-51-43-35-27-19-11-3)91(101-83)85-69-77(61-53-45-37-29-21-13-5)93(103-85)87-71-79(95(97)105-87)63-55-47-39-31-23-15-7)82-66-74(58-50-42-34-26-18-10-2)90(100-82)84-68-76(60-52-44-36-28-20-12-4)92(102-84)86-70-78(62-54-46-38-30-22-14-6)94(104-86)88-72-80(96(98)106-88)64-56-48-40-32-24-16-8/h65-72H,9-64H2,1-8H3. The Bertz CT molecular complexity index is 3360. The summed E-state index contributed by atoms with van der Waals surface area (Å²) in [5.41, 5.74) is 12.2. The average Bonchev–Trinajstić information content (AvgIpc) is 1.61. The Balaban J connectivity index is 1.21. The second kappa shape index (κ2) is 53.3. The van der Waals surface area contributed by atoms with Crippen LogP contribution in [0.3, 0.4) is 0 Å². The SMILES string of the molecule is CCCCCCCCc1cc(-c2sc(-c3sc(-c4sc(-c5cc(CCCCCCCC)c(-c6cc(CCCCCCCC)c(-c7cc(CCCCCCCC)c(-c8cc(CCCCCCCC)c(Cl)s8)s7)s6)s5)cc4CCCCCCCC)cc3CCCCCCCC)cc2CCCCCCCC)sc1Cl. The predicted octanol–water partition coefficient (Wildman–Crippen LogP) is 38.4. The predicted molar refractivity (Wildman–Crippen MR) is 494 cm³/mol. The van der Waals surface area contributed by atoms with E-state index >= 15 is 0 Å². The van der Waals surface area contributed by atoms with Gasteiger partial charge in [0.25, 0.3) is 0 Å². The monoisotopic (exact) mass is 1620 g/mol. The Hall–Kier alpha value is -1.82. The molecule has 0 N–H and O–H groups in total. The Kier molecular flexibility index (Phi) is 45.1. The second-order valence-electron chi connectivity index (χ2n) is 31.8. The van der Waals surface area contributed by atoms with E-state index in [1.54, 1.807) is 52.9 Å². The van der Waals surface area contributed by atoms with E-state index in [2.05, 4.69) is 172 Å². The second-order valence-corrected chi connectivity index (χ2v) is 41.4. The molecule has 8 aromatic rings. The quantitative estimate of drug-likeness (QED) is 0.0333. The van der Waals surface area contributed by atoms with E-state index in [0.717, 1.165) is 60.0 Å². The van der Waals surface area contributed by atoms with Gasteiger partial charge in [0, 0.05) is 68.3 Å². The molecule has 0 amide bonds. The van der Waals surface area contributed by atoms with E-state index < -0.39 is 0 Å². The Morgan fingerprint density at radius 1 is 0.160 bits per heavy atom. The van der Waals surface area contributed by atoms with Crippen LogP contribution in [0.1, 0.15) is 408 Å². The third-order valence-corrected chi connectivity index (χ3v) is 33.6. The molecule has 8 aromatic heterocycles. The smallest absolute Gasteiger partial charge is 0.0967 e. The van der Waals surface area contributed by atoms with E-state index in [-0.39, 0.29) is 0 Å². The van der Waals surface area contributed by atoms with E-state index in [1.165, 1.54) is 368 Å². The van der Waals surface area contributed by atoms with Gasteiger partial charge in [-0.15, -0.1) is 90.7 Å². The number of hydrogen-bond donors (Lipinski definition) is 0. The summed E-state index contributed by atoms with van der Waals surface area (Å²) < 4.78 is 2.04. The molecule has 10 heteroatoms. The summed E-state index contributed by atoms with van der Waals surface area (Å²) in [7, 11) is 0. The van der Waals surface area contributed by atoms with Gasteiger partial charge in [-0.2, -0.15) is 0 Å². The zero-order chi connectivity index (χ0) is 74.8. The molecule has 0 aromatic carbocycles. The summed E-state index contributed by atoms with van der Waals surface area (Å²) in [5.74, 6) is 0. The fraction of sp³-hybridized carbons (Fsp3) is 0.667. The number of hydrogen-bond acceptors (Lipinski definition) is 8. The minimum Gasteiger partial charge on any atom is -0.133 e.